The molecule has 2 amide bonds. The Morgan fingerprint density at radius 1 is 1.59 bits per heavy atom. The van der Waals surface area contributed by atoms with Gasteiger partial charge in [-0.2, -0.15) is 0 Å². The van der Waals surface area contributed by atoms with Gasteiger partial charge in [-0.1, -0.05) is 24.9 Å². The number of imide groups is 1. The highest BCUT2D eigenvalue weighted by atomic mass is 35.5. The summed E-state index contributed by atoms with van der Waals surface area (Å²) in [6.07, 6.45) is 3.98. The van der Waals surface area contributed by atoms with Crippen LogP contribution in [0.2, 0.25) is 5.15 Å². The molecule has 0 bridgehead atoms. The second-order valence-corrected chi connectivity index (χ2v) is 4.40. The fourth-order valence-electron chi connectivity index (χ4n) is 1.83. The van der Waals surface area contributed by atoms with E-state index in [1.54, 1.807) is 0 Å². The number of amides is 2. The minimum Gasteiger partial charge on any atom is -0.277 e. The number of nitrogens with zero attached hydrogens (tertiary/aromatic N) is 3. The van der Waals surface area contributed by atoms with Gasteiger partial charge in [-0.05, 0) is 5.92 Å². The first-order valence-corrected chi connectivity index (χ1v) is 5.82. The van der Waals surface area contributed by atoms with Crippen LogP contribution in [0.15, 0.2) is 12.4 Å². The van der Waals surface area contributed by atoms with E-state index in [-0.39, 0.29) is 22.7 Å². The highest BCUT2D eigenvalue weighted by Crippen LogP contribution is 2.22. The minimum absolute atomic E-state index is 0.114. The molecule has 0 spiro atoms. The zero-order chi connectivity index (χ0) is 12.4. The summed E-state index contributed by atoms with van der Waals surface area (Å²) in [5.41, 5.74) is 0.114. The van der Waals surface area contributed by atoms with E-state index >= 15 is 0 Å². The maximum Gasteiger partial charge on any atom is 0.280 e. The van der Waals surface area contributed by atoms with Crippen LogP contribution in [0, 0.1) is 5.92 Å². The fraction of sp³-hybridized carbons (Fsp3) is 0.455. The fourth-order valence-corrected chi connectivity index (χ4v) is 1.98. The molecule has 1 aromatic heterocycles. The minimum atomic E-state index is -0.416. The van der Waals surface area contributed by atoms with Gasteiger partial charge in [0.05, 0.1) is 12.4 Å². The molecule has 90 valence electrons. The van der Waals surface area contributed by atoms with Gasteiger partial charge in [-0.25, -0.2) is 4.98 Å². The third-order valence-corrected chi connectivity index (χ3v) is 3.03. The summed E-state index contributed by atoms with van der Waals surface area (Å²) < 4.78 is 0. The molecule has 0 N–H and O–H groups in total. The first-order valence-electron chi connectivity index (χ1n) is 5.44. The molecule has 1 fully saturated rings. The normalized spacial score (nSPS) is 19.8. The molecule has 1 aromatic rings. The van der Waals surface area contributed by atoms with E-state index in [4.69, 9.17) is 11.6 Å². The van der Waals surface area contributed by atoms with E-state index in [9.17, 15) is 9.59 Å². The van der Waals surface area contributed by atoms with Crippen LogP contribution in [0.5, 0.6) is 0 Å². The Morgan fingerprint density at radius 2 is 2.35 bits per heavy atom. The maximum absolute atomic E-state index is 12.0. The van der Waals surface area contributed by atoms with Crippen molar-refractivity contribution >= 4 is 23.4 Å². The number of rotatable bonds is 2. The van der Waals surface area contributed by atoms with Crippen LogP contribution in [0.1, 0.15) is 30.3 Å². The van der Waals surface area contributed by atoms with Crippen LogP contribution in [0.25, 0.3) is 0 Å². The number of carbonyl (C=O) groups excluding carboxylic acids is 2. The standard InChI is InChI=1S/C11H12ClN3O2/c1-2-7-3-10(16)15(6-7)11(17)8-4-13-5-9(12)14-8/h4-5,7H,2-3,6H2,1H3. The van der Waals surface area contributed by atoms with Crippen LogP contribution in [-0.2, 0) is 4.79 Å². The van der Waals surface area contributed by atoms with Gasteiger partial charge in [0, 0.05) is 13.0 Å². The molecule has 0 aromatic carbocycles. The van der Waals surface area contributed by atoms with E-state index in [1.165, 1.54) is 17.3 Å². The van der Waals surface area contributed by atoms with Crippen LogP contribution < -0.4 is 0 Å². The van der Waals surface area contributed by atoms with Gasteiger partial charge in [0.15, 0.2) is 0 Å². The predicted octanol–water partition coefficient (Wildman–Crippen LogP) is 1.53. The Kier molecular flexibility index (Phi) is 3.38. The van der Waals surface area contributed by atoms with E-state index in [1.807, 2.05) is 6.92 Å². The van der Waals surface area contributed by atoms with Crippen molar-refractivity contribution in [2.24, 2.45) is 5.92 Å². The lowest BCUT2D eigenvalue weighted by Gasteiger charge is -2.13. The lowest BCUT2D eigenvalue weighted by molar-refractivity contribution is -0.125. The van der Waals surface area contributed by atoms with Gasteiger partial charge in [0.25, 0.3) is 5.91 Å². The molecule has 17 heavy (non-hydrogen) atoms. The van der Waals surface area contributed by atoms with Crippen molar-refractivity contribution in [2.75, 3.05) is 6.54 Å². The van der Waals surface area contributed by atoms with Crippen LogP contribution in [-0.4, -0.2) is 33.2 Å². The number of hydrogen-bond donors (Lipinski definition) is 0. The molecule has 6 heteroatoms. The highest BCUT2D eigenvalue weighted by molar-refractivity contribution is 6.29. The van der Waals surface area contributed by atoms with Crippen LogP contribution in [0.4, 0.5) is 0 Å². The van der Waals surface area contributed by atoms with E-state index in [2.05, 4.69) is 9.97 Å². The monoisotopic (exact) mass is 253 g/mol. The summed E-state index contributed by atoms with van der Waals surface area (Å²) in [6, 6.07) is 0. The summed E-state index contributed by atoms with van der Waals surface area (Å²) in [5, 5.41) is 0.148. The van der Waals surface area contributed by atoms with Gasteiger partial charge < -0.3 is 0 Å². The summed E-state index contributed by atoms with van der Waals surface area (Å²) in [7, 11) is 0. The van der Waals surface area contributed by atoms with E-state index < -0.39 is 5.91 Å². The largest absolute Gasteiger partial charge is 0.280 e. The first-order chi connectivity index (χ1) is 8.11. The van der Waals surface area contributed by atoms with Gasteiger partial charge in [-0.3, -0.25) is 19.5 Å². The molecule has 2 heterocycles. The average Bonchev–Trinajstić information content (AvgIpc) is 2.69. The second-order valence-electron chi connectivity index (χ2n) is 4.01. The third-order valence-electron chi connectivity index (χ3n) is 2.85. The molecular formula is C11H12ClN3O2. The smallest absolute Gasteiger partial charge is 0.277 e. The zero-order valence-electron chi connectivity index (χ0n) is 9.39. The Morgan fingerprint density at radius 3 is 2.94 bits per heavy atom. The topological polar surface area (TPSA) is 63.2 Å². The molecule has 0 aliphatic carbocycles. The number of likely N-dealkylation sites (tertiary alicyclic amines) is 1. The van der Waals surface area contributed by atoms with Crippen molar-refractivity contribution in [1.82, 2.24) is 14.9 Å². The van der Waals surface area contributed by atoms with Crippen molar-refractivity contribution in [3.63, 3.8) is 0 Å². The van der Waals surface area contributed by atoms with E-state index in [0.717, 1.165) is 6.42 Å². The van der Waals surface area contributed by atoms with Gasteiger partial charge in [-0.15, -0.1) is 0 Å². The third kappa shape index (κ3) is 2.44. The molecule has 1 aliphatic heterocycles. The molecule has 1 unspecified atom stereocenters. The quantitative estimate of drug-likeness (QED) is 0.750. The Balaban J connectivity index is 2.18. The maximum atomic E-state index is 12.0. The van der Waals surface area contributed by atoms with Crippen molar-refractivity contribution < 1.29 is 9.59 Å². The summed E-state index contributed by atoms with van der Waals surface area (Å²) in [6.45, 7) is 2.47. The molecule has 1 aliphatic rings. The SMILES string of the molecule is CCC1CC(=O)N(C(=O)c2cncc(Cl)n2)C1. The summed E-state index contributed by atoms with van der Waals surface area (Å²) in [5.74, 6) is -0.317. The number of carbonyl (C=O) groups is 2. The molecule has 1 saturated heterocycles. The Bertz CT molecular complexity index is 464. The van der Waals surface area contributed by atoms with Gasteiger partial charge in [0.1, 0.15) is 10.8 Å². The molecule has 5 nitrogen and oxygen atoms in total. The second kappa shape index (κ2) is 4.79. The van der Waals surface area contributed by atoms with E-state index in [0.29, 0.717) is 13.0 Å². The Hall–Kier alpha value is -1.49. The number of halogens is 1. The molecule has 1 atom stereocenters. The summed E-state index contributed by atoms with van der Waals surface area (Å²) >= 11 is 5.66. The lowest BCUT2D eigenvalue weighted by Crippen LogP contribution is -2.33. The van der Waals surface area contributed by atoms with Crippen molar-refractivity contribution in [2.45, 2.75) is 19.8 Å². The van der Waals surface area contributed by atoms with Crippen LogP contribution in [0.3, 0.4) is 0 Å². The molecular weight excluding hydrogens is 242 g/mol. The van der Waals surface area contributed by atoms with Crippen molar-refractivity contribution in [3.05, 3.63) is 23.2 Å². The molecule has 0 radical (unpaired) electrons. The summed E-state index contributed by atoms with van der Waals surface area (Å²) in [4.78, 5) is 32.6. The Labute approximate surface area is 104 Å². The van der Waals surface area contributed by atoms with Crippen LogP contribution >= 0.6 is 11.6 Å². The molecule has 0 saturated carbocycles. The lowest BCUT2D eigenvalue weighted by atomic mass is 10.1. The predicted molar refractivity (Wildman–Crippen MR) is 61.5 cm³/mol. The van der Waals surface area contributed by atoms with Gasteiger partial charge >= 0.3 is 0 Å². The number of aromatic nitrogens is 2. The zero-order valence-corrected chi connectivity index (χ0v) is 10.1. The first kappa shape index (κ1) is 12.0. The molecule has 2 rings (SSSR count). The number of hydrogen-bond acceptors (Lipinski definition) is 4. The van der Waals surface area contributed by atoms with Gasteiger partial charge in [0.2, 0.25) is 5.91 Å². The van der Waals surface area contributed by atoms with Crippen molar-refractivity contribution in [1.29, 1.82) is 0 Å². The van der Waals surface area contributed by atoms with Crippen molar-refractivity contribution in [3.8, 4) is 0 Å². The highest BCUT2D eigenvalue weighted by Gasteiger charge is 2.33. The average molecular weight is 254 g/mol.